The first-order valence-electron chi connectivity index (χ1n) is 18.8. The van der Waals surface area contributed by atoms with Gasteiger partial charge in [0.05, 0.1) is 55.4 Å². The summed E-state index contributed by atoms with van der Waals surface area (Å²) in [5, 5.41) is 14.8. The minimum Gasteiger partial charge on any atom is -0.488 e. The molecular formula is C39H47N9O7. The quantitative estimate of drug-likeness (QED) is 0.0721. The predicted octanol–water partition coefficient (Wildman–Crippen LogP) is 2.46. The number of ether oxygens (including phenoxy) is 3. The number of anilines is 3. The molecule has 0 spiro atoms. The van der Waals surface area contributed by atoms with E-state index in [-0.39, 0.29) is 47.3 Å². The third-order valence-electron chi connectivity index (χ3n) is 10.4. The Morgan fingerprint density at radius 2 is 1.78 bits per heavy atom. The van der Waals surface area contributed by atoms with Crippen LogP contribution in [0.25, 0.3) is 0 Å². The molecule has 4 aliphatic rings. The number of carbonyl (C=O) groups is 4. The molecule has 1 aromatic heterocycles. The van der Waals surface area contributed by atoms with E-state index in [9.17, 15) is 19.2 Å². The fourth-order valence-corrected chi connectivity index (χ4v) is 6.99. The van der Waals surface area contributed by atoms with Crippen molar-refractivity contribution in [1.29, 1.82) is 5.41 Å². The summed E-state index contributed by atoms with van der Waals surface area (Å²) < 4.78 is 17.4. The van der Waals surface area contributed by atoms with Crippen LogP contribution in [0.1, 0.15) is 71.0 Å². The predicted molar refractivity (Wildman–Crippen MR) is 204 cm³/mol. The van der Waals surface area contributed by atoms with Crippen LogP contribution < -0.4 is 26.0 Å². The number of carbonyl (C=O) groups excluding carboxylic acids is 4. The van der Waals surface area contributed by atoms with Crippen LogP contribution in [0.2, 0.25) is 0 Å². The van der Waals surface area contributed by atoms with E-state index in [0.29, 0.717) is 106 Å². The molecule has 4 heterocycles. The number of nitrogens with zero attached hydrogens (tertiary/aromatic N) is 5. The van der Waals surface area contributed by atoms with E-state index < -0.39 is 17.9 Å². The lowest BCUT2D eigenvalue weighted by Gasteiger charge is -2.35. The molecule has 0 bridgehead atoms. The number of nitrogen functional groups attached to an aromatic ring is 1. The highest BCUT2D eigenvalue weighted by Gasteiger charge is 2.44. The average molecular weight is 754 g/mol. The Morgan fingerprint density at radius 3 is 2.55 bits per heavy atom. The number of aromatic nitrogens is 2. The van der Waals surface area contributed by atoms with Crippen molar-refractivity contribution in [2.75, 3.05) is 81.6 Å². The van der Waals surface area contributed by atoms with E-state index >= 15 is 0 Å². The minimum absolute atomic E-state index is 0.0126. The van der Waals surface area contributed by atoms with Gasteiger partial charge in [0.25, 0.3) is 11.8 Å². The number of nitrogens with two attached hydrogens (primary N) is 1. The topological polar surface area (TPSA) is 205 Å². The lowest BCUT2D eigenvalue weighted by atomic mass is 10.0. The van der Waals surface area contributed by atoms with Gasteiger partial charge in [-0.25, -0.2) is 9.97 Å². The largest absolute Gasteiger partial charge is 0.488 e. The van der Waals surface area contributed by atoms with Crippen LogP contribution >= 0.6 is 0 Å². The van der Waals surface area contributed by atoms with Crippen LogP contribution in [0.15, 0.2) is 48.8 Å². The first-order chi connectivity index (χ1) is 26.6. The standard InChI is InChI=1S/C39H47N9O7/c1-39(10-11-39)55-25-7-8-28(40)27(22-25)35(41)30-23-32(45-24-44-30)46-14-16-47(17-15-46)33(49)9-18-53-20-21-54-19-13-42-29-5-2-4-26-34(29)38(52)48(37(26)51)31-6-3-12-43-36(31)50/h2,4-5,7-8,22-24,31,41-42H,3,6,9-21,40H2,1H3,(H,43,50). The number of fused-ring (bicyclic) bond motifs is 1. The second-order valence-electron chi connectivity index (χ2n) is 14.4. The molecule has 55 heavy (non-hydrogen) atoms. The molecule has 3 aromatic rings. The second-order valence-corrected chi connectivity index (χ2v) is 14.4. The first-order valence-corrected chi connectivity index (χ1v) is 18.8. The number of imide groups is 1. The fraction of sp³-hybridized carbons (Fsp3) is 0.462. The van der Waals surface area contributed by atoms with Gasteiger partial charge in [0.1, 0.15) is 29.5 Å². The molecule has 16 heteroatoms. The Bertz CT molecular complexity index is 1960. The summed E-state index contributed by atoms with van der Waals surface area (Å²) in [5.74, 6) is 0.157. The summed E-state index contributed by atoms with van der Waals surface area (Å²) in [6.45, 7) is 6.51. The number of piperidine rings is 1. The Labute approximate surface area is 319 Å². The summed E-state index contributed by atoms with van der Waals surface area (Å²) in [6, 6.07) is 11.4. The fourth-order valence-electron chi connectivity index (χ4n) is 6.99. The van der Waals surface area contributed by atoms with E-state index in [1.165, 1.54) is 6.33 Å². The summed E-state index contributed by atoms with van der Waals surface area (Å²) in [7, 11) is 0. The van der Waals surface area contributed by atoms with Crippen LogP contribution in [-0.2, 0) is 19.1 Å². The Kier molecular flexibility index (Phi) is 11.2. The Balaban J connectivity index is 0.787. The van der Waals surface area contributed by atoms with Gasteiger partial charge in [-0.1, -0.05) is 6.07 Å². The normalized spacial score (nSPS) is 18.9. The number of benzene rings is 2. The number of nitrogens with one attached hydrogen (secondary N) is 3. The second kappa shape index (κ2) is 16.4. The van der Waals surface area contributed by atoms with Gasteiger partial charge in [-0.15, -0.1) is 0 Å². The summed E-state index contributed by atoms with van der Waals surface area (Å²) in [5.41, 5.74) is 8.85. The molecule has 0 radical (unpaired) electrons. The third kappa shape index (κ3) is 8.55. The lowest BCUT2D eigenvalue weighted by Crippen LogP contribution is -2.52. The van der Waals surface area contributed by atoms with E-state index in [2.05, 4.69) is 32.4 Å². The van der Waals surface area contributed by atoms with Gasteiger partial charge in [-0.05, 0) is 62.9 Å². The van der Waals surface area contributed by atoms with Gasteiger partial charge in [-0.3, -0.25) is 29.5 Å². The monoisotopic (exact) mass is 753 g/mol. The summed E-state index contributed by atoms with van der Waals surface area (Å²) in [6.07, 6.45) is 4.86. The van der Waals surface area contributed by atoms with Crippen molar-refractivity contribution in [2.24, 2.45) is 0 Å². The minimum atomic E-state index is -0.794. The van der Waals surface area contributed by atoms with E-state index in [4.69, 9.17) is 25.4 Å². The molecular weight excluding hydrogens is 706 g/mol. The van der Waals surface area contributed by atoms with Crippen molar-refractivity contribution in [1.82, 2.24) is 25.1 Å². The molecule has 1 atom stereocenters. The van der Waals surface area contributed by atoms with Crippen LogP contribution in [-0.4, -0.2) is 126 Å². The average Bonchev–Trinajstić information content (AvgIpc) is 3.87. The molecule has 1 saturated carbocycles. The molecule has 4 amide bonds. The molecule has 7 rings (SSSR count). The SMILES string of the molecule is CC1(Oc2ccc(N)c(C(=N)c3cc(N4CCN(C(=O)CCOCCOCCNc5cccc6c5C(=O)N(C5CCCNC5=O)C6=O)CC4)ncn3)c2)CC1. The third-order valence-corrected chi connectivity index (χ3v) is 10.4. The number of piperazine rings is 1. The van der Waals surface area contributed by atoms with Crippen LogP contribution in [0, 0.1) is 5.41 Å². The smallest absolute Gasteiger partial charge is 0.264 e. The number of amides is 4. The van der Waals surface area contributed by atoms with Crippen molar-refractivity contribution < 1.29 is 33.4 Å². The summed E-state index contributed by atoms with van der Waals surface area (Å²) >= 11 is 0. The highest BCUT2D eigenvalue weighted by Crippen LogP contribution is 2.40. The highest BCUT2D eigenvalue weighted by molar-refractivity contribution is 6.25. The van der Waals surface area contributed by atoms with Crippen molar-refractivity contribution in [3.8, 4) is 5.75 Å². The zero-order chi connectivity index (χ0) is 38.5. The van der Waals surface area contributed by atoms with Gasteiger partial charge in [0.2, 0.25) is 11.8 Å². The lowest BCUT2D eigenvalue weighted by molar-refractivity contribution is -0.132. The summed E-state index contributed by atoms with van der Waals surface area (Å²) in [4.78, 5) is 65.3. The number of hydrogen-bond donors (Lipinski definition) is 4. The molecule has 290 valence electrons. The Morgan fingerprint density at radius 1 is 1.00 bits per heavy atom. The maximum absolute atomic E-state index is 13.2. The Hall–Kier alpha value is -5.61. The molecule has 1 unspecified atom stereocenters. The zero-order valence-electron chi connectivity index (χ0n) is 31.0. The van der Waals surface area contributed by atoms with Gasteiger partial charge in [-0.2, -0.15) is 0 Å². The van der Waals surface area contributed by atoms with Gasteiger partial charge >= 0.3 is 0 Å². The van der Waals surface area contributed by atoms with Crippen molar-refractivity contribution in [3.63, 3.8) is 0 Å². The van der Waals surface area contributed by atoms with Gasteiger partial charge < -0.3 is 40.4 Å². The maximum atomic E-state index is 13.2. The molecule has 3 aliphatic heterocycles. The maximum Gasteiger partial charge on any atom is 0.264 e. The molecule has 16 nitrogen and oxygen atoms in total. The highest BCUT2D eigenvalue weighted by atomic mass is 16.5. The van der Waals surface area contributed by atoms with Gasteiger partial charge in [0.15, 0.2) is 0 Å². The zero-order valence-corrected chi connectivity index (χ0v) is 31.0. The molecule has 2 saturated heterocycles. The van der Waals surface area contributed by atoms with Crippen LogP contribution in [0.4, 0.5) is 17.2 Å². The first kappa shape index (κ1) is 37.7. The van der Waals surface area contributed by atoms with Crippen LogP contribution in [0.5, 0.6) is 5.75 Å². The molecule has 1 aliphatic carbocycles. The van der Waals surface area contributed by atoms with Crippen LogP contribution in [0.3, 0.4) is 0 Å². The van der Waals surface area contributed by atoms with E-state index in [0.717, 1.165) is 17.7 Å². The number of hydrogen-bond acceptors (Lipinski definition) is 13. The number of rotatable bonds is 16. The van der Waals surface area contributed by atoms with E-state index in [1.54, 1.807) is 36.4 Å². The van der Waals surface area contributed by atoms with E-state index in [1.807, 2.05) is 11.0 Å². The van der Waals surface area contributed by atoms with Crippen molar-refractivity contribution in [2.45, 2.75) is 50.7 Å². The molecule has 3 fully saturated rings. The van der Waals surface area contributed by atoms with Crippen molar-refractivity contribution in [3.05, 3.63) is 71.2 Å². The van der Waals surface area contributed by atoms with Crippen molar-refractivity contribution >= 4 is 46.5 Å². The molecule has 5 N–H and O–H groups in total. The molecule has 2 aromatic carbocycles. The van der Waals surface area contributed by atoms with Gasteiger partial charge in [0, 0.05) is 62.3 Å².